The zero-order valence-electron chi connectivity index (χ0n) is 15.6. The summed E-state index contributed by atoms with van der Waals surface area (Å²) >= 11 is 0. The van der Waals surface area contributed by atoms with Gasteiger partial charge in [0.2, 0.25) is 0 Å². The molecule has 10 heteroatoms. The second-order valence-corrected chi connectivity index (χ2v) is 6.03. The Balaban J connectivity index is 1.58. The minimum Gasteiger partial charge on any atom is -0.494 e. The van der Waals surface area contributed by atoms with Gasteiger partial charge in [0.15, 0.2) is 5.82 Å². The van der Waals surface area contributed by atoms with Crippen LogP contribution in [0.2, 0.25) is 0 Å². The van der Waals surface area contributed by atoms with Gasteiger partial charge < -0.3 is 10.1 Å². The third-order valence-electron chi connectivity index (χ3n) is 4.19. The van der Waals surface area contributed by atoms with Crippen molar-refractivity contribution in [3.63, 3.8) is 0 Å². The lowest BCUT2D eigenvalue weighted by atomic mass is 10.2. The van der Waals surface area contributed by atoms with Crippen LogP contribution in [0.1, 0.15) is 16.1 Å². The fourth-order valence-electron chi connectivity index (χ4n) is 2.72. The number of tetrazole rings is 1. The van der Waals surface area contributed by atoms with E-state index in [4.69, 9.17) is 4.74 Å². The first-order chi connectivity index (χ1) is 14.2. The number of aryl methyl sites for hydroxylation is 1. The fourth-order valence-corrected chi connectivity index (χ4v) is 2.72. The number of amides is 1. The van der Waals surface area contributed by atoms with Crippen LogP contribution in [0, 0.1) is 6.92 Å². The van der Waals surface area contributed by atoms with Crippen LogP contribution in [0.4, 0.5) is 5.69 Å². The van der Waals surface area contributed by atoms with Crippen LogP contribution in [0.15, 0.2) is 55.2 Å². The van der Waals surface area contributed by atoms with Crippen molar-refractivity contribution in [2.45, 2.75) is 6.92 Å². The monoisotopic (exact) mass is 388 g/mol. The zero-order chi connectivity index (χ0) is 20.2. The molecule has 29 heavy (non-hydrogen) atoms. The number of hydrogen-bond acceptors (Lipinski definition) is 8. The molecule has 0 atom stereocenters. The number of ether oxygens (including phenoxy) is 1. The van der Waals surface area contributed by atoms with Gasteiger partial charge >= 0.3 is 0 Å². The Morgan fingerprint density at radius 2 is 2.10 bits per heavy atom. The average molecular weight is 388 g/mol. The average Bonchev–Trinajstić information content (AvgIpc) is 3.29. The summed E-state index contributed by atoms with van der Waals surface area (Å²) in [6.07, 6.45) is 6.32. The van der Waals surface area contributed by atoms with Crippen molar-refractivity contribution in [2.24, 2.45) is 0 Å². The van der Waals surface area contributed by atoms with Crippen LogP contribution < -0.4 is 10.1 Å². The number of carbonyl (C=O) groups excluding carboxylic acids is 1. The second-order valence-electron chi connectivity index (χ2n) is 6.03. The normalized spacial score (nSPS) is 10.6. The minimum atomic E-state index is -0.339. The number of benzene rings is 1. The van der Waals surface area contributed by atoms with E-state index in [1.54, 1.807) is 43.6 Å². The van der Waals surface area contributed by atoms with E-state index in [0.29, 0.717) is 34.2 Å². The Hall–Kier alpha value is -4.21. The van der Waals surface area contributed by atoms with Crippen LogP contribution in [-0.4, -0.2) is 48.2 Å². The molecule has 3 aromatic heterocycles. The molecule has 4 aromatic rings. The first-order valence-corrected chi connectivity index (χ1v) is 8.62. The van der Waals surface area contributed by atoms with Crippen molar-refractivity contribution in [2.75, 3.05) is 12.4 Å². The Kier molecular flexibility index (Phi) is 4.89. The van der Waals surface area contributed by atoms with Gasteiger partial charge in [-0.1, -0.05) is 0 Å². The van der Waals surface area contributed by atoms with Crippen LogP contribution in [0.3, 0.4) is 0 Å². The third kappa shape index (κ3) is 3.76. The molecule has 4 rings (SSSR count). The molecular weight excluding hydrogens is 372 g/mol. The van der Waals surface area contributed by atoms with Crippen LogP contribution in [0.5, 0.6) is 5.75 Å². The van der Waals surface area contributed by atoms with E-state index < -0.39 is 0 Å². The lowest BCUT2D eigenvalue weighted by Crippen LogP contribution is -2.15. The van der Waals surface area contributed by atoms with Crippen molar-refractivity contribution in [1.82, 2.24) is 35.2 Å². The van der Waals surface area contributed by atoms with Gasteiger partial charge in [-0.05, 0) is 41.6 Å². The smallest absolute Gasteiger partial charge is 0.259 e. The number of hydrogen-bond donors (Lipinski definition) is 1. The molecule has 0 saturated heterocycles. The van der Waals surface area contributed by atoms with E-state index in [0.717, 1.165) is 5.56 Å². The van der Waals surface area contributed by atoms with Crippen LogP contribution >= 0.6 is 0 Å². The lowest BCUT2D eigenvalue weighted by molar-refractivity contribution is 0.102. The molecule has 0 aliphatic carbocycles. The number of carbonyl (C=O) groups is 1. The molecule has 3 heterocycles. The van der Waals surface area contributed by atoms with Gasteiger partial charge in [0.25, 0.3) is 5.91 Å². The van der Waals surface area contributed by atoms with Gasteiger partial charge in [-0.2, -0.15) is 0 Å². The molecule has 0 aliphatic heterocycles. The molecule has 0 spiro atoms. The molecule has 0 fully saturated rings. The van der Waals surface area contributed by atoms with Gasteiger partial charge in [0.1, 0.15) is 12.1 Å². The maximum atomic E-state index is 12.8. The number of rotatable bonds is 5. The van der Waals surface area contributed by atoms with E-state index >= 15 is 0 Å². The first kappa shape index (κ1) is 18.2. The Morgan fingerprint density at radius 1 is 1.21 bits per heavy atom. The number of pyridine rings is 1. The van der Waals surface area contributed by atoms with E-state index in [2.05, 4.69) is 35.8 Å². The summed E-state index contributed by atoms with van der Waals surface area (Å²) in [5.41, 5.74) is 2.91. The summed E-state index contributed by atoms with van der Waals surface area (Å²) in [7, 11) is 1.52. The van der Waals surface area contributed by atoms with Crippen molar-refractivity contribution in [3.8, 4) is 22.8 Å². The van der Waals surface area contributed by atoms with Gasteiger partial charge in [0.05, 0.1) is 29.7 Å². The summed E-state index contributed by atoms with van der Waals surface area (Å²) in [4.78, 5) is 25.6. The summed E-state index contributed by atoms with van der Waals surface area (Å²) in [5.74, 6) is 0.640. The topological polar surface area (TPSA) is 121 Å². The molecule has 0 saturated carbocycles. The Labute approximate surface area is 165 Å². The zero-order valence-corrected chi connectivity index (χ0v) is 15.6. The number of aromatic nitrogens is 7. The van der Waals surface area contributed by atoms with Crippen molar-refractivity contribution in [3.05, 3.63) is 66.5 Å². The summed E-state index contributed by atoms with van der Waals surface area (Å²) in [6, 6.07) is 8.87. The predicted molar refractivity (Wildman–Crippen MR) is 104 cm³/mol. The summed E-state index contributed by atoms with van der Waals surface area (Å²) < 4.78 is 6.88. The molecule has 1 amide bonds. The van der Waals surface area contributed by atoms with E-state index in [9.17, 15) is 4.79 Å². The van der Waals surface area contributed by atoms with E-state index in [1.165, 1.54) is 24.3 Å². The molecule has 10 nitrogen and oxygen atoms in total. The first-order valence-electron chi connectivity index (χ1n) is 8.62. The van der Waals surface area contributed by atoms with Gasteiger partial charge in [-0.15, -0.1) is 5.10 Å². The highest BCUT2D eigenvalue weighted by molar-refractivity contribution is 6.05. The highest BCUT2D eigenvalue weighted by atomic mass is 16.5. The number of nitrogens with zero attached hydrogens (tertiary/aromatic N) is 7. The van der Waals surface area contributed by atoms with Crippen molar-refractivity contribution < 1.29 is 9.53 Å². The largest absolute Gasteiger partial charge is 0.494 e. The maximum absolute atomic E-state index is 12.8. The van der Waals surface area contributed by atoms with Crippen molar-refractivity contribution >= 4 is 11.6 Å². The molecule has 144 valence electrons. The maximum Gasteiger partial charge on any atom is 0.259 e. The molecule has 0 radical (unpaired) electrons. The number of anilines is 1. The molecular formula is C19H16N8O2. The van der Waals surface area contributed by atoms with E-state index in [-0.39, 0.29) is 5.91 Å². The summed E-state index contributed by atoms with van der Waals surface area (Å²) in [5, 5.41) is 13.9. The van der Waals surface area contributed by atoms with Gasteiger partial charge in [-0.3, -0.25) is 9.78 Å². The summed E-state index contributed by atoms with van der Waals surface area (Å²) in [6.45, 7) is 1.76. The highest BCUT2D eigenvalue weighted by Crippen LogP contribution is 2.27. The number of nitrogens with one attached hydrogen (secondary N) is 1. The quantitative estimate of drug-likeness (QED) is 0.552. The van der Waals surface area contributed by atoms with Gasteiger partial charge in [-0.25, -0.2) is 14.6 Å². The molecule has 0 aliphatic rings. The molecule has 0 bridgehead atoms. The van der Waals surface area contributed by atoms with Crippen LogP contribution in [-0.2, 0) is 0 Å². The standard InChI is InChI=1S/C19H16N8O2/c1-12-15(10-21-18(23-12)13-4-3-7-20-9-13)19(28)24-16-6-5-14(8-17(16)29-2)27-11-22-25-26-27/h3-11H,1-2H3,(H,24,28). The minimum absolute atomic E-state index is 0.339. The predicted octanol–water partition coefficient (Wildman–Crippen LogP) is 2.08. The SMILES string of the molecule is COc1cc(-n2cnnn2)ccc1NC(=O)c1cnc(-c2cccnc2)nc1C. The molecule has 1 aromatic carbocycles. The molecule has 1 N–H and O–H groups in total. The van der Waals surface area contributed by atoms with Crippen molar-refractivity contribution in [1.29, 1.82) is 0 Å². The Bertz CT molecular complexity index is 1150. The number of methoxy groups -OCH3 is 1. The molecule has 0 unspecified atom stereocenters. The highest BCUT2D eigenvalue weighted by Gasteiger charge is 2.15. The second kappa shape index (κ2) is 7.80. The fraction of sp³-hybridized carbons (Fsp3) is 0.105. The third-order valence-corrected chi connectivity index (χ3v) is 4.19. The Morgan fingerprint density at radius 3 is 2.79 bits per heavy atom. The lowest BCUT2D eigenvalue weighted by Gasteiger charge is -2.12. The van der Waals surface area contributed by atoms with E-state index in [1.807, 2.05) is 6.07 Å². The van der Waals surface area contributed by atoms with Crippen LogP contribution in [0.25, 0.3) is 17.1 Å². The van der Waals surface area contributed by atoms with Gasteiger partial charge in [0, 0.05) is 30.2 Å².